The molecule has 0 saturated heterocycles. The molecule has 0 bridgehead atoms. The molecule has 0 fully saturated rings. The summed E-state index contributed by atoms with van der Waals surface area (Å²) in [7, 11) is -2.28. The number of nitrogens with zero attached hydrogens (tertiary/aromatic N) is 1. The highest BCUT2D eigenvalue weighted by Gasteiger charge is 2.48. The van der Waals surface area contributed by atoms with Gasteiger partial charge in [0.2, 0.25) is 0 Å². The molecule has 5 rings (SSSR count). The van der Waals surface area contributed by atoms with Crippen LogP contribution in [-0.2, 0) is 0 Å². The van der Waals surface area contributed by atoms with Gasteiger partial charge in [-0.05, 0) is 60.7 Å². The summed E-state index contributed by atoms with van der Waals surface area (Å²) in [6, 6.07) is 43.5. The molecule has 0 N–H and O–H groups in total. The zero-order valence-corrected chi connectivity index (χ0v) is 21.7. The fourth-order valence-electron chi connectivity index (χ4n) is 4.49. The summed E-state index contributed by atoms with van der Waals surface area (Å²) in [5.74, 6) is -0.389. The summed E-state index contributed by atoms with van der Waals surface area (Å²) in [5, 5.41) is 17.0. The largest absolute Gasteiger partial charge is 0.870 e. The van der Waals surface area contributed by atoms with Gasteiger partial charge >= 0.3 is 0 Å². The average Bonchev–Trinajstić information content (AvgIpc) is 2.93. The van der Waals surface area contributed by atoms with Crippen molar-refractivity contribution >= 4 is 63.6 Å². The van der Waals surface area contributed by atoms with Crippen LogP contribution in [0.15, 0.2) is 132 Å². The van der Waals surface area contributed by atoms with Gasteiger partial charge in [0.1, 0.15) is 28.5 Å². The third-order valence-corrected chi connectivity index (χ3v) is 11.0. The molecule has 0 atom stereocenters. The first-order valence-electron chi connectivity index (χ1n) is 11.5. The Bertz CT molecular complexity index is 1390. The molecule has 0 aliphatic rings. The van der Waals surface area contributed by atoms with E-state index in [4.69, 9.17) is 23.2 Å². The van der Waals surface area contributed by atoms with E-state index in [0.717, 1.165) is 5.56 Å². The van der Waals surface area contributed by atoms with Crippen LogP contribution in [-0.4, -0.2) is 6.21 Å². The van der Waals surface area contributed by atoms with Gasteiger partial charge in [-0.1, -0.05) is 95.7 Å². The van der Waals surface area contributed by atoms with Crippen LogP contribution in [0.4, 0.5) is 5.69 Å². The number of hydrogen-bond donors (Lipinski definition) is 0. The van der Waals surface area contributed by atoms with E-state index in [0.29, 0.717) is 5.69 Å². The van der Waals surface area contributed by atoms with E-state index in [9.17, 15) is 5.11 Å². The Morgan fingerprint density at radius 1 is 0.583 bits per heavy atom. The van der Waals surface area contributed by atoms with Crippen molar-refractivity contribution in [3.05, 3.63) is 143 Å². The van der Waals surface area contributed by atoms with Crippen molar-refractivity contribution in [1.82, 2.24) is 0 Å². The van der Waals surface area contributed by atoms with Crippen LogP contribution in [0.25, 0.3) is 0 Å². The van der Waals surface area contributed by atoms with Gasteiger partial charge in [-0.15, -0.1) is 0 Å². The highest BCUT2D eigenvalue weighted by atomic mass is 35.5. The standard InChI is InChI=1S/C31H22Cl2NOP/c32-28-20-24(21-29(33)31(28)35)34-22-23-12-10-11-19-30(23)36(25-13-4-1-5-14-25,26-15-6-2-7-16-26)27-17-8-3-9-18-27/h1-22H. The molecule has 2 nitrogen and oxygen atoms in total. The van der Waals surface area contributed by atoms with Crippen LogP contribution in [0, 0.1) is 0 Å². The Labute approximate surface area is 221 Å². The summed E-state index contributed by atoms with van der Waals surface area (Å²) >= 11 is 12.2. The Kier molecular flexibility index (Phi) is 7.20. The molecule has 0 aliphatic carbocycles. The zero-order chi connectivity index (χ0) is 25.0. The normalized spacial score (nSPS) is 11.6. The average molecular weight is 526 g/mol. The number of rotatable bonds is 6. The lowest BCUT2D eigenvalue weighted by molar-refractivity contribution is -0.268. The predicted molar refractivity (Wildman–Crippen MR) is 154 cm³/mol. The van der Waals surface area contributed by atoms with Crippen molar-refractivity contribution in [3.63, 3.8) is 0 Å². The van der Waals surface area contributed by atoms with E-state index in [-0.39, 0.29) is 15.8 Å². The molecule has 0 unspecified atom stereocenters. The molecule has 0 aromatic heterocycles. The third-order valence-electron chi connectivity index (χ3n) is 6.06. The molecular weight excluding hydrogens is 504 g/mol. The Hall–Kier alpha value is -3.42. The van der Waals surface area contributed by atoms with Crippen molar-refractivity contribution < 1.29 is 5.11 Å². The minimum atomic E-state index is -2.28. The fourth-order valence-corrected chi connectivity index (χ4v) is 9.38. The van der Waals surface area contributed by atoms with Crippen molar-refractivity contribution in [3.8, 4) is 5.75 Å². The number of aliphatic imine (C=N–C) groups is 1. The van der Waals surface area contributed by atoms with Gasteiger partial charge in [0.25, 0.3) is 0 Å². The van der Waals surface area contributed by atoms with E-state index >= 15 is 0 Å². The molecule has 0 amide bonds. The van der Waals surface area contributed by atoms with Crippen molar-refractivity contribution in [2.24, 2.45) is 4.99 Å². The molecule has 176 valence electrons. The predicted octanol–water partition coefficient (Wildman–Crippen LogP) is 6.44. The summed E-state index contributed by atoms with van der Waals surface area (Å²) in [6.45, 7) is 0. The third kappa shape index (κ3) is 4.56. The Morgan fingerprint density at radius 2 is 1.00 bits per heavy atom. The highest BCUT2D eigenvalue weighted by molar-refractivity contribution is 8.01. The molecule has 36 heavy (non-hydrogen) atoms. The van der Waals surface area contributed by atoms with Gasteiger partial charge in [-0.25, -0.2) is 0 Å². The molecule has 0 radical (unpaired) electrons. The second-order valence-electron chi connectivity index (χ2n) is 8.23. The lowest BCUT2D eigenvalue weighted by atomic mass is 10.2. The zero-order valence-electron chi connectivity index (χ0n) is 19.3. The maximum absolute atomic E-state index is 11.9. The quantitative estimate of drug-likeness (QED) is 0.185. The summed E-state index contributed by atoms with van der Waals surface area (Å²) in [5.41, 5.74) is 1.52. The van der Waals surface area contributed by atoms with Crippen molar-refractivity contribution in [2.45, 2.75) is 0 Å². The Morgan fingerprint density at radius 3 is 1.47 bits per heavy atom. The monoisotopic (exact) mass is 525 g/mol. The molecule has 5 heteroatoms. The minimum absolute atomic E-state index is 0.0580. The lowest BCUT2D eigenvalue weighted by Crippen LogP contribution is -2.40. The smallest absolute Gasteiger partial charge is 0.145 e. The molecule has 0 heterocycles. The van der Waals surface area contributed by atoms with E-state index in [1.54, 1.807) is 12.1 Å². The van der Waals surface area contributed by atoms with Crippen LogP contribution < -0.4 is 26.3 Å². The maximum atomic E-state index is 11.9. The molecular formula is C31H22Cl2NOP. The SMILES string of the molecule is [O-]c1c(Cl)cc(N=Cc2ccccc2[P+](c2ccccc2)(c2ccccc2)c2ccccc2)cc1Cl. The van der Waals surface area contributed by atoms with Crippen molar-refractivity contribution in [2.75, 3.05) is 0 Å². The number of benzene rings is 5. The van der Waals surface area contributed by atoms with E-state index < -0.39 is 7.26 Å². The van der Waals surface area contributed by atoms with Crippen molar-refractivity contribution in [1.29, 1.82) is 0 Å². The molecule has 5 aromatic carbocycles. The Balaban J connectivity index is 1.79. The molecule has 0 aliphatic heterocycles. The summed E-state index contributed by atoms with van der Waals surface area (Å²) in [6.07, 6.45) is 1.84. The maximum Gasteiger partial charge on any atom is 0.145 e. The van der Waals surface area contributed by atoms with Gasteiger partial charge in [-0.3, -0.25) is 4.99 Å². The van der Waals surface area contributed by atoms with Gasteiger partial charge in [0.05, 0.1) is 5.69 Å². The van der Waals surface area contributed by atoms with Gasteiger partial charge in [-0.2, -0.15) is 0 Å². The second-order valence-corrected chi connectivity index (χ2v) is 12.4. The lowest BCUT2D eigenvalue weighted by Gasteiger charge is -2.28. The van der Waals surface area contributed by atoms with Gasteiger partial charge in [0.15, 0.2) is 0 Å². The molecule has 0 spiro atoms. The van der Waals surface area contributed by atoms with Crippen LogP contribution in [0.3, 0.4) is 0 Å². The van der Waals surface area contributed by atoms with Crippen LogP contribution in [0.2, 0.25) is 10.0 Å². The summed E-state index contributed by atoms with van der Waals surface area (Å²) in [4.78, 5) is 4.68. The van der Waals surface area contributed by atoms with E-state index in [2.05, 4.69) is 114 Å². The topological polar surface area (TPSA) is 35.4 Å². The minimum Gasteiger partial charge on any atom is -0.870 e. The summed E-state index contributed by atoms with van der Waals surface area (Å²) < 4.78 is 0. The first-order valence-corrected chi connectivity index (χ1v) is 14.0. The van der Waals surface area contributed by atoms with Gasteiger partial charge in [0, 0.05) is 21.8 Å². The number of halogens is 2. The van der Waals surface area contributed by atoms with Crippen LogP contribution in [0.5, 0.6) is 5.75 Å². The van der Waals surface area contributed by atoms with Crippen LogP contribution >= 0.6 is 30.5 Å². The van der Waals surface area contributed by atoms with Gasteiger partial charge < -0.3 is 5.11 Å². The van der Waals surface area contributed by atoms with E-state index in [1.165, 1.54) is 21.2 Å². The molecule has 0 saturated carbocycles. The first-order chi connectivity index (χ1) is 17.6. The van der Waals surface area contributed by atoms with E-state index in [1.807, 2.05) is 12.3 Å². The van der Waals surface area contributed by atoms with Crippen LogP contribution in [0.1, 0.15) is 5.56 Å². The fraction of sp³-hybridized carbons (Fsp3) is 0. The first kappa shape index (κ1) is 24.3. The molecule has 5 aromatic rings. The highest BCUT2D eigenvalue weighted by Crippen LogP contribution is 2.54. The number of hydrogen-bond acceptors (Lipinski definition) is 2. The second kappa shape index (κ2) is 10.7.